The normalized spacial score (nSPS) is 12.2. The van der Waals surface area contributed by atoms with Crippen molar-refractivity contribution in [3.63, 3.8) is 0 Å². The number of benzene rings is 1. The van der Waals surface area contributed by atoms with Gasteiger partial charge in [-0.25, -0.2) is 0 Å². The maximum atomic E-state index is 11.9. The lowest BCUT2D eigenvalue weighted by Gasteiger charge is -2.19. The molecule has 1 rings (SSSR count). The molecule has 16 heavy (non-hydrogen) atoms. The van der Waals surface area contributed by atoms with Crippen molar-refractivity contribution in [2.75, 3.05) is 18.5 Å². The van der Waals surface area contributed by atoms with E-state index < -0.39 is 0 Å². The molecule has 0 aromatic heterocycles. The third kappa shape index (κ3) is 3.61. The molecule has 0 bridgehead atoms. The van der Waals surface area contributed by atoms with Gasteiger partial charge < -0.3 is 10.6 Å². The number of halogens is 1. The van der Waals surface area contributed by atoms with Crippen molar-refractivity contribution in [2.24, 2.45) is 11.7 Å². The van der Waals surface area contributed by atoms with Gasteiger partial charge in [-0.3, -0.25) is 4.79 Å². The highest BCUT2D eigenvalue weighted by Gasteiger charge is 2.13. The maximum Gasteiger partial charge on any atom is 0.227 e. The van der Waals surface area contributed by atoms with Crippen molar-refractivity contribution < 1.29 is 4.79 Å². The van der Waals surface area contributed by atoms with E-state index in [2.05, 4.69) is 15.9 Å². The quantitative estimate of drug-likeness (QED) is 0.923. The Bertz CT molecular complexity index is 368. The number of carbonyl (C=O) groups is 1. The topological polar surface area (TPSA) is 46.3 Å². The minimum atomic E-state index is 0.0936. The van der Waals surface area contributed by atoms with Crippen molar-refractivity contribution in [1.82, 2.24) is 0 Å². The molecule has 88 valence electrons. The van der Waals surface area contributed by atoms with E-state index in [1.165, 1.54) is 0 Å². The second kappa shape index (κ2) is 6.01. The lowest BCUT2D eigenvalue weighted by molar-refractivity contribution is -0.119. The molecule has 1 aromatic rings. The van der Waals surface area contributed by atoms with Crippen LogP contribution in [0.1, 0.15) is 13.3 Å². The zero-order chi connectivity index (χ0) is 12.1. The van der Waals surface area contributed by atoms with Gasteiger partial charge in [-0.2, -0.15) is 0 Å². The zero-order valence-corrected chi connectivity index (χ0v) is 11.2. The van der Waals surface area contributed by atoms with Crippen molar-refractivity contribution in [1.29, 1.82) is 0 Å². The molecule has 1 amide bonds. The molecule has 0 saturated heterocycles. The van der Waals surface area contributed by atoms with Gasteiger partial charge in [0.15, 0.2) is 0 Å². The van der Waals surface area contributed by atoms with Crippen molar-refractivity contribution in [3.8, 4) is 0 Å². The summed E-state index contributed by atoms with van der Waals surface area (Å²) in [5.41, 5.74) is 6.40. The van der Waals surface area contributed by atoms with Crippen molar-refractivity contribution >= 4 is 27.5 Å². The minimum absolute atomic E-state index is 0.0936. The van der Waals surface area contributed by atoms with E-state index in [0.29, 0.717) is 13.0 Å². The standard InChI is InChI=1S/C12H17BrN2O/c1-9(8-14)6-12(16)15(2)11-5-3-4-10(13)7-11/h3-5,7,9H,6,8,14H2,1-2H3. The van der Waals surface area contributed by atoms with Gasteiger partial charge in [-0.15, -0.1) is 0 Å². The lowest BCUT2D eigenvalue weighted by Crippen LogP contribution is -2.29. The van der Waals surface area contributed by atoms with Gasteiger partial charge in [0.05, 0.1) is 0 Å². The summed E-state index contributed by atoms with van der Waals surface area (Å²) in [6.07, 6.45) is 0.486. The summed E-state index contributed by atoms with van der Waals surface area (Å²) in [4.78, 5) is 13.5. The van der Waals surface area contributed by atoms with Gasteiger partial charge in [-0.1, -0.05) is 28.9 Å². The summed E-state index contributed by atoms with van der Waals surface area (Å²) < 4.78 is 0.969. The molecule has 0 saturated carbocycles. The molecule has 2 N–H and O–H groups in total. The number of nitrogens with two attached hydrogens (primary N) is 1. The van der Waals surface area contributed by atoms with Gasteiger partial charge >= 0.3 is 0 Å². The summed E-state index contributed by atoms with van der Waals surface area (Å²) in [7, 11) is 1.79. The van der Waals surface area contributed by atoms with Crippen LogP contribution in [-0.2, 0) is 4.79 Å². The fraction of sp³-hybridized carbons (Fsp3) is 0.417. The van der Waals surface area contributed by atoms with Crippen LogP contribution in [0.3, 0.4) is 0 Å². The highest BCUT2D eigenvalue weighted by molar-refractivity contribution is 9.10. The molecule has 0 aliphatic carbocycles. The van der Waals surface area contributed by atoms with E-state index in [1.807, 2.05) is 31.2 Å². The summed E-state index contributed by atoms with van der Waals surface area (Å²) in [6.45, 7) is 2.52. The molecule has 0 fully saturated rings. The SMILES string of the molecule is CC(CN)CC(=O)N(C)c1cccc(Br)c1. The van der Waals surface area contributed by atoms with E-state index in [0.717, 1.165) is 10.2 Å². The second-order valence-electron chi connectivity index (χ2n) is 3.98. The molecule has 0 aliphatic rings. The number of hydrogen-bond acceptors (Lipinski definition) is 2. The average molecular weight is 285 g/mol. The fourth-order valence-corrected chi connectivity index (χ4v) is 1.73. The van der Waals surface area contributed by atoms with Crippen LogP contribution >= 0.6 is 15.9 Å². The average Bonchev–Trinajstić information content (AvgIpc) is 2.27. The highest BCUT2D eigenvalue weighted by Crippen LogP contribution is 2.20. The van der Waals surface area contributed by atoms with Crippen LogP contribution in [0.2, 0.25) is 0 Å². The van der Waals surface area contributed by atoms with Crippen molar-refractivity contribution in [3.05, 3.63) is 28.7 Å². The van der Waals surface area contributed by atoms with Gasteiger partial charge in [0, 0.05) is 23.6 Å². The zero-order valence-electron chi connectivity index (χ0n) is 9.61. The number of anilines is 1. The second-order valence-corrected chi connectivity index (χ2v) is 4.89. The predicted molar refractivity (Wildman–Crippen MR) is 70.4 cm³/mol. The molecule has 3 nitrogen and oxygen atoms in total. The first-order valence-electron chi connectivity index (χ1n) is 5.26. The number of amides is 1. The first-order valence-corrected chi connectivity index (χ1v) is 6.06. The van der Waals surface area contributed by atoms with Gasteiger partial charge in [0.25, 0.3) is 0 Å². The molecule has 4 heteroatoms. The van der Waals surface area contributed by atoms with Crippen LogP contribution in [0.15, 0.2) is 28.7 Å². The minimum Gasteiger partial charge on any atom is -0.330 e. The molecule has 0 heterocycles. The Kier molecular flexibility index (Phi) is 4.96. The van der Waals surface area contributed by atoms with Crippen LogP contribution in [0.4, 0.5) is 5.69 Å². The van der Waals surface area contributed by atoms with Crippen LogP contribution < -0.4 is 10.6 Å². The third-order valence-electron chi connectivity index (χ3n) is 2.50. The van der Waals surface area contributed by atoms with E-state index in [-0.39, 0.29) is 11.8 Å². The van der Waals surface area contributed by atoms with E-state index in [4.69, 9.17) is 5.73 Å². The largest absolute Gasteiger partial charge is 0.330 e. The summed E-state index contributed by atoms with van der Waals surface area (Å²) in [5, 5.41) is 0. The van der Waals surface area contributed by atoms with Gasteiger partial charge in [0.2, 0.25) is 5.91 Å². The number of nitrogens with zero attached hydrogens (tertiary/aromatic N) is 1. The number of carbonyl (C=O) groups excluding carboxylic acids is 1. The molecule has 0 spiro atoms. The number of hydrogen-bond donors (Lipinski definition) is 1. The lowest BCUT2D eigenvalue weighted by atomic mass is 10.1. The van der Waals surface area contributed by atoms with Gasteiger partial charge in [0.1, 0.15) is 0 Å². The Hall–Kier alpha value is -0.870. The Morgan fingerprint density at radius 1 is 1.56 bits per heavy atom. The Morgan fingerprint density at radius 2 is 2.25 bits per heavy atom. The van der Waals surface area contributed by atoms with E-state index in [9.17, 15) is 4.79 Å². The molecular formula is C12H17BrN2O. The van der Waals surface area contributed by atoms with Crippen LogP contribution in [0.25, 0.3) is 0 Å². The molecule has 1 aromatic carbocycles. The van der Waals surface area contributed by atoms with Crippen LogP contribution in [-0.4, -0.2) is 19.5 Å². The molecule has 0 radical (unpaired) electrons. The van der Waals surface area contributed by atoms with E-state index >= 15 is 0 Å². The van der Waals surface area contributed by atoms with E-state index in [1.54, 1.807) is 11.9 Å². The summed E-state index contributed by atoms with van der Waals surface area (Å²) in [5.74, 6) is 0.318. The van der Waals surface area contributed by atoms with Crippen molar-refractivity contribution in [2.45, 2.75) is 13.3 Å². The fourth-order valence-electron chi connectivity index (χ4n) is 1.35. The highest BCUT2D eigenvalue weighted by atomic mass is 79.9. The van der Waals surface area contributed by atoms with Crippen LogP contribution in [0.5, 0.6) is 0 Å². The molecule has 1 unspecified atom stereocenters. The molecule has 1 atom stereocenters. The Labute approximate surface area is 105 Å². The van der Waals surface area contributed by atoms with Gasteiger partial charge in [-0.05, 0) is 30.7 Å². The summed E-state index contributed by atoms with van der Waals surface area (Å²) >= 11 is 3.39. The molecule has 0 aliphatic heterocycles. The Morgan fingerprint density at radius 3 is 2.81 bits per heavy atom. The maximum absolute atomic E-state index is 11.9. The van der Waals surface area contributed by atoms with Crippen LogP contribution in [0, 0.1) is 5.92 Å². The first-order chi connectivity index (χ1) is 7.54. The third-order valence-corrected chi connectivity index (χ3v) is 2.99. The predicted octanol–water partition coefficient (Wildman–Crippen LogP) is 2.40. The monoisotopic (exact) mass is 284 g/mol. The first kappa shape index (κ1) is 13.2. The Balaban J connectivity index is 2.70. The number of rotatable bonds is 4. The summed E-state index contributed by atoms with van der Waals surface area (Å²) in [6, 6.07) is 7.68. The smallest absolute Gasteiger partial charge is 0.227 e. The molecular weight excluding hydrogens is 268 g/mol.